The van der Waals surface area contributed by atoms with Gasteiger partial charge in [-0.3, -0.25) is 0 Å². The maximum absolute atomic E-state index is 5.75. The van der Waals surface area contributed by atoms with Gasteiger partial charge in [0.2, 0.25) is 0 Å². The van der Waals surface area contributed by atoms with Gasteiger partial charge in [-0.05, 0) is 33.6 Å². The molecule has 0 unspecified atom stereocenters. The zero-order valence-electron chi connectivity index (χ0n) is 8.40. The summed E-state index contributed by atoms with van der Waals surface area (Å²) >= 11 is 0. The van der Waals surface area contributed by atoms with Gasteiger partial charge < -0.3 is 10.5 Å². The minimum Gasteiger partial charge on any atom is -0.355 e. The SMILES string of the molecule is CCC(C)(CC)OC(C)(C)N. The van der Waals surface area contributed by atoms with Gasteiger partial charge in [-0.25, -0.2) is 0 Å². The van der Waals surface area contributed by atoms with Gasteiger partial charge in [0.1, 0.15) is 5.72 Å². The van der Waals surface area contributed by atoms with E-state index in [2.05, 4.69) is 20.8 Å². The molecule has 0 heterocycles. The lowest BCUT2D eigenvalue weighted by atomic mass is 9.99. The molecule has 2 N–H and O–H groups in total. The molecule has 0 aliphatic rings. The van der Waals surface area contributed by atoms with Crippen LogP contribution in [0.3, 0.4) is 0 Å². The molecule has 0 aliphatic heterocycles. The van der Waals surface area contributed by atoms with Gasteiger partial charge in [0.05, 0.1) is 5.60 Å². The van der Waals surface area contributed by atoms with Gasteiger partial charge in [-0.15, -0.1) is 0 Å². The van der Waals surface area contributed by atoms with Crippen LogP contribution in [-0.4, -0.2) is 11.3 Å². The number of hydrogen-bond donors (Lipinski definition) is 1. The molecule has 0 aliphatic carbocycles. The van der Waals surface area contributed by atoms with Crippen LogP contribution in [0.2, 0.25) is 0 Å². The van der Waals surface area contributed by atoms with Gasteiger partial charge in [-0.2, -0.15) is 0 Å². The van der Waals surface area contributed by atoms with E-state index >= 15 is 0 Å². The zero-order valence-corrected chi connectivity index (χ0v) is 8.40. The van der Waals surface area contributed by atoms with Gasteiger partial charge in [-0.1, -0.05) is 13.8 Å². The summed E-state index contributed by atoms with van der Waals surface area (Å²) in [6.07, 6.45) is 2.01. The highest BCUT2D eigenvalue weighted by Crippen LogP contribution is 2.23. The Labute approximate surface area is 70.1 Å². The lowest BCUT2D eigenvalue weighted by molar-refractivity contribution is -0.132. The maximum atomic E-state index is 5.75. The van der Waals surface area contributed by atoms with Crippen molar-refractivity contribution in [1.82, 2.24) is 0 Å². The van der Waals surface area contributed by atoms with E-state index in [0.717, 1.165) is 12.8 Å². The van der Waals surface area contributed by atoms with E-state index in [-0.39, 0.29) is 5.60 Å². The van der Waals surface area contributed by atoms with E-state index in [1.807, 2.05) is 13.8 Å². The third kappa shape index (κ3) is 4.38. The van der Waals surface area contributed by atoms with Crippen LogP contribution in [0.1, 0.15) is 47.5 Å². The highest BCUT2D eigenvalue weighted by atomic mass is 16.5. The summed E-state index contributed by atoms with van der Waals surface area (Å²) < 4.78 is 5.70. The zero-order chi connectivity index (χ0) is 9.12. The van der Waals surface area contributed by atoms with Crippen molar-refractivity contribution in [3.8, 4) is 0 Å². The van der Waals surface area contributed by atoms with Crippen molar-refractivity contribution in [2.24, 2.45) is 5.73 Å². The second-order valence-corrected chi connectivity index (χ2v) is 3.86. The summed E-state index contributed by atoms with van der Waals surface area (Å²) in [6.45, 7) is 10.1. The standard InChI is InChI=1S/C9H21NO/c1-6-9(5,7-2)11-8(3,4)10/h6-7,10H2,1-5H3. The number of rotatable bonds is 4. The van der Waals surface area contributed by atoms with Crippen LogP contribution in [0.25, 0.3) is 0 Å². The van der Waals surface area contributed by atoms with Gasteiger partial charge in [0, 0.05) is 0 Å². The predicted molar refractivity (Wildman–Crippen MR) is 48.3 cm³/mol. The monoisotopic (exact) mass is 159 g/mol. The quantitative estimate of drug-likeness (QED) is 0.639. The van der Waals surface area contributed by atoms with E-state index in [0.29, 0.717) is 0 Å². The molecule has 2 heteroatoms. The fourth-order valence-corrected chi connectivity index (χ4v) is 1.03. The second kappa shape index (κ2) is 3.55. The van der Waals surface area contributed by atoms with Crippen LogP contribution in [0.5, 0.6) is 0 Å². The van der Waals surface area contributed by atoms with Gasteiger partial charge in [0.25, 0.3) is 0 Å². The van der Waals surface area contributed by atoms with E-state index in [1.54, 1.807) is 0 Å². The number of ether oxygens (including phenoxy) is 1. The van der Waals surface area contributed by atoms with Crippen molar-refractivity contribution in [1.29, 1.82) is 0 Å². The van der Waals surface area contributed by atoms with Crippen molar-refractivity contribution < 1.29 is 4.74 Å². The van der Waals surface area contributed by atoms with Crippen molar-refractivity contribution >= 4 is 0 Å². The van der Waals surface area contributed by atoms with Crippen molar-refractivity contribution in [2.45, 2.75) is 58.8 Å². The Kier molecular flexibility index (Phi) is 3.52. The molecule has 68 valence electrons. The first-order chi connectivity index (χ1) is 4.83. The fraction of sp³-hybridized carbons (Fsp3) is 1.00. The first kappa shape index (κ1) is 10.9. The Hall–Kier alpha value is -0.0800. The Bertz CT molecular complexity index is 111. The molecular formula is C9H21NO. The largest absolute Gasteiger partial charge is 0.355 e. The number of hydrogen-bond acceptors (Lipinski definition) is 2. The topological polar surface area (TPSA) is 35.2 Å². The normalized spacial score (nSPS) is 13.6. The fourth-order valence-electron chi connectivity index (χ4n) is 1.03. The van der Waals surface area contributed by atoms with Crippen molar-refractivity contribution in [3.63, 3.8) is 0 Å². The molecule has 0 aromatic carbocycles. The second-order valence-electron chi connectivity index (χ2n) is 3.86. The molecule has 0 saturated heterocycles. The molecule has 0 saturated carbocycles. The lowest BCUT2D eigenvalue weighted by Crippen LogP contribution is -2.44. The van der Waals surface area contributed by atoms with Gasteiger partial charge in [0.15, 0.2) is 0 Å². The third-order valence-electron chi connectivity index (χ3n) is 2.01. The average molecular weight is 159 g/mol. The van der Waals surface area contributed by atoms with Crippen LogP contribution in [0.4, 0.5) is 0 Å². The molecule has 0 amide bonds. The molecule has 0 radical (unpaired) electrons. The molecular weight excluding hydrogens is 138 g/mol. The van der Waals surface area contributed by atoms with Crippen molar-refractivity contribution in [3.05, 3.63) is 0 Å². The predicted octanol–water partition coefficient (Wildman–Crippen LogP) is 2.28. The molecule has 0 bridgehead atoms. The minimum absolute atomic E-state index is 0.0573. The average Bonchev–Trinajstić information content (AvgIpc) is 1.84. The number of nitrogens with two attached hydrogens (primary N) is 1. The Morgan fingerprint density at radius 3 is 1.55 bits per heavy atom. The molecule has 0 atom stereocenters. The molecule has 11 heavy (non-hydrogen) atoms. The van der Waals surface area contributed by atoms with E-state index < -0.39 is 5.72 Å². The molecule has 0 aromatic heterocycles. The molecule has 0 rings (SSSR count). The summed E-state index contributed by atoms with van der Waals surface area (Å²) in [5.41, 5.74) is 5.18. The highest BCUT2D eigenvalue weighted by Gasteiger charge is 2.26. The van der Waals surface area contributed by atoms with Crippen LogP contribution in [0.15, 0.2) is 0 Å². The highest BCUT2D eigenvalue weighted by molar-refractivity contribution is 4.75. The van der Waals surface area contributed by atoms with Crippen LogP contribution < -0.4 is 5.73 Å². The Morgan fingerprint density at radius 2 is 1.45 bits per heavy atom. The summed E-state index contributed by atoms with van der Waals surface area (Å²) in [4.78, 5) is 0. The van der Waals surface area contributed by atoms with Crippen LogP contribution >= 0.6 is 0 Å². The summed E-state index contributed by atoms with van der Waals surface area (Å²) in [7, 11) is 0. The molecule has 0 aromatic rings. The smallest absolute Gasteiger partial charge is 0.111 e. The molecule has 0 fully saturated rings. The van der Waals surface area contributed by atoms with Crippen LogP contribution in [0, 0.1) is 0 Å². The Morgan fingerprint density at radius 1 is 1.09 bits per heavy atom. The maximum Gasteiger partial charge on any atom is 0.111 e. The molecule has 2 nitrogen and oxygen atoms in total. The van der Waals surface area contributed by atoms with Gasteiger partial charge >= 0.3 is 0 Å². The third-order valence-corrected chi connectivity index (χ3v) is 2.01. The summed E-state index contributed by atoms with van der Waals surface area (Å²) in [5, 5.41) is 0. The first-order valence-corrected chi connectivity index (χ1v) is 4.32. The van der Waals surface area contributed by atoms with E-state index in [4.69, 9.17) is 10.5 Å². The lowest BCUT2D eigenvalue weighted by Gasteiger charge is -2.34. The Balaban J connectivity index is 4.08. The van der Waals surface area contributed by atoms with Crippen molar-refractivity contribution in [2.75, 3.05) is 0 Å². The molecule has 0 spiro atoms. The first-order valence-electron chi connectivity index (χ1n) is 4.32. The summed E-state index contributed by atoms with van der Waals surface area (Å²) in [5.74, 6) is 0. The van der Waals surface area contributed by atoms with E-state index in [9.17, 15) is 0 Å². The van der Waals surface area contributed by atoms with Crippen LogP contribution in [-0.2, 0) is 4.74 Å². The minimum atomic E-state index is -0.513. The van der Waals surface area contributed by atoms with E-state index in [1.165, 1.54) is 0 Å². The summed E-state index contributed by atoms with van der Waals surface area (Å²) in [6, 6.07) is 0.